The fourth-order valence-corrected chi connectivity index (χ4v) is 1.48. The number of hydrogen-bond acceptors (Lipinski definition) is 4. The highest BCUT2D eigenvalue weighted by Gasteiger charge is 2.23. The highest BCUT2D eigenvalue weighted by Crippen LogP contribution is 2.20. The Bertz CT molecular complexity index is 364. The largest absolute Gasteiger partial charge is 0.371 e. The highest BCUT2D eigenvalue weighted by atomic mass is 16.5. The van der Waals surface area contributed by atoms with Crippen molar-refractivity contribution in [1.29, 1.82) is 0 Å². The van der Waals surface area contributed by atoms with E-state index in [1.54, 1.807) is 7.11 Å². The SMILES string of the molecule is CCCNCc1cc(C)nc(C(C)(C)OC)n1. The minimum atomic E-state index is -0.439. The summed E-state index contributed by atoms with van der Waals surface area (Å²) < 4.78 is 5.41. The molecular weight excluding hydrogens is 214 g/mol. The van der Waals surface area contributed by atoms with Crippen LogP contribution in [-0.4, -0.2) is 23.6 Å². The summed E-state index contributed by atoms with van der Waals surface area (Å²) in [6.45, 7) is 9.88. The van der Waals surface area contributed by atoms with E-state index in [1.807, 2.05) is 26.8 Å². The van der Waals surface area contributed by atoms with Crippen LogP contribution in [0.1, 0.15) is 44.4 Å². The first-order chi connectivity index (χ1) is 7.99. The molecule has 0 aliphatic rings. The molecule has 0 radical (unpaired) electrons. The van der Waals surface area contributed by atoms with Crippen molar-refractivity contribution < 1.29 is 4.74 Å². The lowest BCUT2D eigenvalue weighted by atomic mass is 10.1. The molecule has 96 valence electrons. The molecule has 1 aromatic rings. The Labute approximate surface area is 104 Å². The van der Waals surface area contributed by atoms with Crippen LogP contribution in [0.2, 0.25) is 0 Å². The summed E-state index contributed by atoms with van der Waals surface area (Å²) in [6.07, 6.45) is 1.13. The van der Waals surface area contributed by atoms with Crippen molar-refractivity contribution in [2.45, 2.75) is 46.3 Å². The van der Waals surface area contributed by atoms with E-state index >= 15 is 0 Å². The molecule has 1 aromatic heterocycles. The van der Waals surface area contributed by atoms with Gasteiger partial charge in [-0.2, -0.15) is 0 Å². The maximum absolute atomic E-state index is 5.41. The lowest BCUT2D eigenvalue weighted by Gasteiger charge is -2.22. The molecule has 0 unspecified atom stereocenters. The summed E-state index contributed by atoms with van der Waals surface area (Å²) in [5.74, 6) is 0.744. The van der Waals surface area contributed by atoms with E-state index in [1.165, 1.54) is 0 Å². The molecule has 1 N–H and O–H groups in total. The van der Waals surface area contributed by atoms with Crippen molar-refractivity contribution >= 4 is 0 Å². The van der Waals surface area contributed by atoms with Crippen LogP contribution < -0.4 is 5.32 Å². The first-order valence-electron chi connectivity index (χ1n) is 6.10. The molecule has 4 heteroatoms. The average Bonchev–Trinajstić information content (AvgIpc) is 2.29. The van der Waals surface area contributed by atoms with Gasteiger partial charge in [0.2, 0.25) is 0 Å². The molecule has 0 atom stereocenters. The lowest BCUT2D eigenvalue weighted by molar-refractivity contribution is 0.0111. The zero-order valence-corrected chi connectivity index (χ0v) is 11.5. The van der Waals surface area contributed by atoms with Crippen LogP contribution in [0.3, 0.4) is 0 Å². The van der Waals surface area contributed by atoms with Gasteiger partial charge in [-0.15, -0.1) is 0 Å². The first-order valence-corrected chi connectivity index (χ1v) is 6.10. The lowest BCUT2D eigenvalue weighted by Crippen LogP contribution is -2.25. The van der Waals surface area contributed by atoms with E-state index in [0.29, 0.717) is 0 Å². The van der Waals surface area contributed by atoms with Crippen LogP contribution in [0.25, 0.3) is 0 Å². The zero-order chi connectivity index (χ0) is 12.9. The van der Waals surface area contributed by atoms with Crippen LogP contribution in [0.15, 0.2) is 6.07 Å². The minimum Gasteiger partial charge on any atom is -0.371 e. The van der Waals surface area contributed by atoms with Crippen LogP contribution >= 0.6 is 0 Å². The second-order valence-corrected chi connectivity index (χ2v) is 4.72. The Morgan fingerprint density at radius 3 is 2.65 bits per heavy atom. The van der Waals surface area contributed by atoms with Crippen molar-refractivity contribution in [2.75, 3.05) is 13.7 Å². The van der Waals surface area contributed by atoms with Gasteiger partial charge >= 0.3 is 0 Å². The van der Waals surface area contributed by atoms with E-state index in [4.69, 9.17) is 4.74 Å². The Balaban J connectivity index is 2.86. The molecule has 0 aliphatic carbocycles. The Kier molecular flexibility index (Phi) is 5.02. The predicted octanol–water partition coefficient (Wildman–Crippen LogP) is 2.17. The number of nitrogens with one attached hydrogen (secondary N) is 1. The van der Waals surface area contributed by atoms with E-state index in [-0.39, 0.29) is 0 Å². The van der Waals surface area contributed by atoms with E-state index in [2.05, 4.69) is 22.2 Å². The fraction of sp³-hybridized carbons (Fsp3) is 0.692. The molecule has 0 fully saturated rings. The van der Waals surface area contributed by atoms with Gasteiger partial charge in [0.15, 0.2) is 5.82 Å². The van der Waals surface area contributed by atoms with Crippen LogP contribution in [0.4, 0.5) is 0 Å². The van der Waals surface area contributed by atoms with Crippen molar-refractivity contribution in [3.05, 3.63) is 23.3 Å². The Morgan fingerprint density at radius 2 is 2.06 bits per heavy atom. The molecule has 4 nitrogen and oxygen atoms in total. The van der Waals surface area contributed by atoms with Crippen molar-refractivity contribution in [2.24, 2.45) is 0 Å². The second-order valence-electron chi connectivity index (χ2n) is 4.72. The molecular formula is C13H23N3O. The molecule has 0 spiro atoms. The third kappa shape index (κ3) is 4.06. The van der Waals surface area contributed by atoms with E-state index in [0.717, 1.165) is 36.7 Å². The van der Waals surface area contributed by atoms with E-state index in [9.17, 15) is 0 Å². The van der Waals surface area contributed by atoms with Gasteiger partial charge in [0.1, 0.15) is 5.60 Å². The van der Waals surface area contributed by atoms with Gasteiger partial charge in [0, 0.05) is 19.3 Å². The summed E-state index contributed by atoms with van der Waals surface area (Å²) in [5.41, 5.74) is 1.56. The average molecular weight is 237 g/mol. The standard InChI is InChI=1S/C13H23N3O/c1-6-7-14-9-11-8-10(2)15-12(16-11)13(3,4)17-5/h8,14H,6-7,9H2,1-5H3. The van der Waals surface area contributed by atoms with Crippen molar-refractivity contribution in [3.63, 3.8) is 0 Å². The molecule has 1 heterocycles. The van der Waals surface area contributed by atoms with Crippen molar-refractivity contribution in [1.82, 2.24) is 15.3 Å². The van der Waals surface area contributed by atoms with Crippen LogP contribution in [0, 0.1) is 6.92 Å². The number of nitrogens with zero attached hydrogens (tertiary/aromatic N) is 2. The van der Waals surface area contributed by atoms with Gasteiger partial charge in [0.25, 0.3) is 0 Å². The quantitative estimate of drug-likeness (QED) is 0.770. The second kappa shape index (κ2) is 6.07. The number of methoxy groups -OCH3 is 1. The van der Waals surface area contributed by atoms with Crippen molar-refractivity contribution in [3.8, 4) is 0 Å². The third-order valence-electron chi connectivity index (χ3n) is 2.69. The van der Waals surface area contributed by atoms with E-state index < -0.39 is 5.60 Å². The maximum atomic E-state index is 5.41. The molecule has 0 aliphatic heterocycles. The van der Waals surface area contributed by atoms with Crippen LogP contribution in [-0.2, 0) is 16.9 Å². The Morgan fingerprint density at radius 1 is 1.35 bits per heavy atom. The van der Waals surface area contributed by atoms with Gasteiger partial charge < -0.3 is 10.1 Å². The molecule has 0 saturated carbocycles. The van der Waals surface area contributed by atoms with Gasteiger partial charge in [-0.3, -0.25) is 0 Å². The number of ether oxygens (including phenoxy) is 1. The topological polar surface area (TPSA) is 47.0 Å². The predicted molar refractivity (Wildman–Crippen MR) is 68.8 cm³/mol. The monoisotopic (exact) mass is 237 g/mol. The van der Waals surface area contributed by atoms with Gasteiger partial charge in [-0.1, -0.05) is 6.92 Å². The smallest absolute Gasteiger partial charge is 0.160 e. The van der Waals surface area contributed by atoms with Gasteiger partial charge in [0.05, 0.1) is 5.69 Å². The number of aryl methyl sites for hydroxylation is 1. The van der Waals surface area contributed by atoms with Crippen LogP contribution in [0.5, 0.6) is 0 Å². The maximum Gasteiger partial charge on any atom is 0.160 e. The normalized spacial score (nSPS) is 11.8. The first kappa shape index (κ1) is 14.1. The zero-order valence-electron chi connectivity index (χ0n) is 11.5. The minimum absolute atomic E-state index is 0.439. The Hall–Kier alpha value is -1.00. The molecule has 1 rings (SSSR count). The number of rotatable bonds is 6. The fourth-order valence-electron chi connectivity index (χ4n) is 1.48. The summed E-state index contributed by atoms with van der Waals surface area (Å²) in [7, 11) is 1.68. The highest BCUT2D eigenvalue weighted by molar-refractivity contribution is 5.13. The summed E-state index contributed by atoms with van der Waals surface area (Å²) >= 11 is 0. The number of hydrogen-bond donors (Lipinski definition) is 1. The summed E-state index contributed by atoms with van der Waals surface area (Å²) in [6, 6.07) is 2.01. The third-order valence-corrected chi connectivity index (χ3v) is 2.69. The molecule has 0 saturated heterocycles. The van der Waals surface area contributed by atoms with Gasteiger partial charge in [-0.25, -0.2) is 9.97 Å². The summed E-state index contributed by atoms with van der Waals surface area (Å²) in [4.78, 5) is 8.99. The number of aromatic nitrogens is 2. The van der Waals surface area contributed by atoms with Gasteiger partial charge in [-0.05, 0) is 39.8 Å². The summed E-state index contributed by atoms with van der Waals surface area (Å²) in [5, 5.41) is 3.34. The molecule has 0 amide bonds. The molecule has 0 bridgehead atoms. The molecule has 0 aromatic carbocycles. The molecule has 17 heavy (non-hydrogen) atoms.